The van der Waals surface area contributed by atoms with Gasteiger partial charge in [0.15, 0.2) is 0 Å². The number of nitrogens with zero attached hydrogens (tertiary/aromatic N) is 2. The molecule has 0 amide bonds. The Hall–Kier alpha value is -3.85. The predicted molar refractivity (Wildman–Crippen MR) is 91.5 cm³/mol. The Bertz CT molecular complexity index is 1070. The lowest BCUT2D eigenvalue weighted by atomic mass is 10.1. The second kappa shape index (κ2) is 6.34. The van der Waals surface area contributed by atoms with Crippen LogP contribution in [0.25, 0.3) is 22.7 Å². The predicted octanol–water partition coefficient (Wildman–Crippen LogP) is 3.32. The second-order valence-corrected chi connectivity index (χ2v) is 5.27. The summed E-state index contributed by atoms with van der Waals surface area (Å²) in [5.74, 6) is -2.38. The molecular formula is C19H12N2O4. The van der Waals surface area contributed by atoms with Crippen molar-refractivity contribution in [3.05, 3.63) is 71.4 Å². The zero-order chi connectivity index (χ0) is 18.0. The summed E-state index contributed by atoms with van der Waals surface area (Å²) >= 11 is 0. The van der Waals surface area contributed by atoms with E-state index in [1.807, 2.05) is 0 Å². The molecule has 0 atom stereocenters. The Kier molecular flexibility index (Phi) is 4.06. The molecule has 2 aromatic carbocycles. The Morgan fingerprint density at radius 3 is 2.40 bits per heavy atom. The Morgan fingerprint density at radius 1 is 1.04 bits per heavy atom. The Labute approximate surface area is 142 Å². The minimum Gasteiger partial charge on any atom is -0.478 e. The van der Waals surface area contributed by atoms with Crippen LogP contribution in [0.15, 0.2) is 60.3 Å². The van der Waals surface area contributed by atoms with Crippen LogP contribution in [0.4, 0.5) is 0 Å². The molecule has 0 aliphatic rings. The molecule has 1 heterocycles. The fraction of sp³-hybridized carbons (Fsp3) is 0. The third kappa shape index (κ3) is 2.86. The molecule has 0 radical (unpaired) electrons. The smallest absolute Gasteiger partial charge is 0.346 e. The summed E-state index contributed by atoms with van der Waals surface area (Å²) in [6.07, 6.45) is 2.91. The van der Waals surface area contributed by atoms with Crippen molar-refractivity contribution in [2.45, 2.75) is 0 Å². The van der Waals surface area contributed by atoms with Crippen molar-refractivity contribution in [2.24, 2.45) is 0 Å². The highest BCUT2D eigenvalue weighted by atomic mass is 16.4. The zero-order valence-electron chi connectivity index (χ0n) is 12.9. The first kappa shape index (κ1) is 16.0. The van der Waals surface area contributed by atoms with Crippen LogP contribution >= 0.6 is 0 Å². The molecule has 0 saturated heterocycles. The van der Waals surface area contributed by atoms with Gasteiger partial charge in [0.25, 0.3) is 0 Å². The van der Waals surface area contributed by atoms with Gasteiger partial charge in [-0.1, -0.05) is 30.3 Å². The molecule has 0 fully saturated rings. The molecule has 0 unspecified atom stereocenters. The number of carboxylic acid groups (broad SMARTS) is 2. The SMILES string of the molecule is N#C/C(=C\c1cn(-c2ccccc2C(=O)O)c2ccccc12)C(=O)O. The molecule has 0 spiro atoms. The molecule has 6 heteroatoms. The molecule has 0 saturated carbocycles. The normalized spacial score (nSPS) is 11.2. The van der Waals surface area contributed by atoms with Gasteiger partial charge in [-0.2, -0.15) is 5.26 Å². The van der Waals surface area contributed by atoms with Crippen molar-refractivity contribution < 1.29 is 19.8 Å². The van der Waals surface area contributed by atoms with Crippen molar-refractivity contribution >= 4 is 28.9 Å². The number of aromatic nitrogens is 1. The van der Waals surface area contributed by atoms with Gasteiger partial charge in [-0.15, -0.1) is 0 Å². The number of carbonyl (C=O) groups is 2. The zero-order valence-corrected chi connectivity index (χ0v) is 12.9. The number of carboxylic acids is 2. The minimum absolute atomic E-state index is 0.123. The Morgan fingerprint density at radius 2 is 1.72 bits per heavy atom. The largest absolute Gasteiger partial charge is 0.478 e. The van der Waals surface area contributed by atoms with Crippen LogP contribution in [0.5, 0.6) is 0 Å². The first-order valence-electron chi connectivity index (χ1n) is 7.31. The molecule has 3 aromatic rings. The number of rotatable bonds is 4. The quantitative estimate of drug-likeness (QED) is 0.563. The third-order valence-corrected chi connectivity index (χ3v) is 3.79. The lowest BCUT2D eigenvalue weighted by Crippen LogP contribution is -2.04. The highest BCUT2D eigenvalue weighted by Crippen LogP contribution is 2.28. The van der Waals surface area contributed by atoms with Gasteiger partial charge in [-0.05, 0) is 24.3 Å². The van der Waals surface area contributed by atoms with Crippen molar-refractivity contribution in [3.63, 3.8) is 0 Å². The van der Waals surface area contributed by atoms with E-state index in [0.717, 1.165) is 5.39 Å². The molecule has 3 rings (SSSR count). The molecule has 0 aliphatic carbocycles. The van der Waals surface area contributed by atoms with Crippen molar-refractivity contribution in [1.82, 2.24) is 4.57 Å². The lowest BCUT2D eigenvalue weighted by Gasteiger charge is -2.08. The summed E-state index contributed by atoms with van der Waals surface area (Å²) in [6.45, 7) is 0. The van der Waals surface area contributed by atoms with Crippen LogP contribution in [0, 0.1) is 11.3 Å². The van der Waals surface area contributed by atoms with Gasteiger partial charge >= 0.3 is 11.9 Å². The van der Waals surface area contributed by atoms with E-state index < -0.39 is 17.5 Å². The van der Waals surface area contributed by atoms with Crippen LogP contribution in [0.2, 0.25) is 0 Å². The molecule has 6 nitrogen and oxygen atoms in total. The Balaban J connectivity index is 2.32. The van der Waals surface area contributed by atoms with Gasteiger partial charge in [0.05, 0.1) is 16.8 Å². The minimum atomic E-state index is -1.31. The molecule has 2 N–H and O–H groups in total. The topological polar surface area (TPSA) is 103 Å². The molecular weight excluding hydrogens is 320 g/mol. The summed E-state index contributed by atoms with van der Waals surface area (Å²) in [5.41, 5.74) is 1.42. The summed E-state index contributed by atoms with van der Waals surface area (Å²) in [5, 5.41) is 28.2. The summed E-state index contributed by atoms with van der Waals surface area (Å²) in [6, 6.07) is 15.4. The van der Waals surface area contributed by atoms with Gasteiger partial charge in [-0.3, -0.25) is 0 Å². The van der Waals surface area contributed by atoms with Gasteiger partial charge < -0.3 is 14.8 Å². The molecule has 0 bridgehead atoms. The van der Waals surface area contributed by atoms with Crippen molar-refractivity contribution in [3.8, 4) is 11.8 Å². The van der Waals surface area contributed by atoms with Crippen LogP contribution in [0.3, 0.4) is 0 Å². The third-order valence-electron chi connectivity index (χ3n) is 3.79. The lowest BCUT2D eigenvalue weighted by molar-refractivity contribution is -0.132. The highest BCUT2D eigenvalue weighted by molar-refractivity contribution is 6.01. The van der Waals surface area contributed by atoms with Gasteiger partial charge in [-0.25, -0.2) is 9.59 Å². The number of para-hydroxylation sites is 2. The molecule has 0 aliphatic heterocycles. The molecule has 25 heavy (non-hydrogen) atoms. The van der Waals surface area contributed by atoms with Crippen LogP contribution < -0.4 is 0 Å². The van der Waals surface area contributed by atoms with Gasteiger partial charge in [0.2, 0.25) is 0 Å². The monoisotopic (exact) mass is 332 g/mol. The maximum atomic E-state index is 11.5. The summed E-state index contributed by atoms with van der Waals surface area (Å²) in [7, 11) is 0. The average molecular weight is 332 g/mol. The van der Waals surface area contributed by atoms with E-state index in [0.29, 0.717) is 16.8 Å². The van der Waals surface area contributed by atoms with E-state index in [2.05, 4.69) is 0 Å². The number of fused-ring (bicyclic) bond motifs is 1. The number of aliphatic carboxylic acids is 1. The fourth-order valence-corrected chi connectivity index (χ4v) is 2.68. The van der Waals surface area contributed by atoms with E-state index in [4.69, 9.17) is 10.4 Å². The average Bonchev–Trinajstić information content (AvgIpc) is 2.98. The van der Waals surface area contributed by atoms with Crippen LogP contribution in [-0.4, -0.2) is 26.7 Å². The fourth-order valence-electron chi connectivity index (χ4n) is 2.68. The first-order chi connectivity index (χ1) is 12.0. The van der Waals surface area contributed by atoms with Crippen molar-refractivity contribution in [2.75, 3.05) is 0 Å². The number of benzene rings is 2. The molecule has 122 valence electrons. The van der Waals surface area contributed by atoms with E-state index in [1.165, 1.54) is 12.1 Å². The number of aromatic carboxylic acids is 1. The van der Waals surface area contributed by atoms with E-state index in [-0.39, 0.29) is 5.56 Å². The van der Waals surface area contributed by atoms with Gasteiger partial charge in [0, 0.05) is 17.1 Å². The highest BCUT2D eigenvalue weighted by Gasteiger charge is 2.15. The van der Waals surface area contributed by atoms with E-state index in [1.54, 1.807) is 59.3 Å². The maximum Gasteiger partial charge on any atom is 0.346 e. The number of hydrogen-bond acceptors (Lipinski definition) is 3. The molecule has 1 aromatic heterocycles. The van der Waals surface area contributed by atoms with E-state index in [9.17, 15) is 14.7 Å². The van der Waals surface area contributed by atoms with Gasteiger partial charge in [0.1, 0.15) is 11.6 Å². The van der Waals surface area contributed by atoms with Crippen molar-refractivity contribution in [1.29, 1.82) is 5.26 Å². The van der Waals surface area contributed by atoms with E-state index >= 15 is 0 Å². The second-order valence-electron chi connectivity index (χ2n) is 5.27. The number of hydrogen-bond donors (Lipinski definition) is 2. The standard InChI is InChI=1S/C19H12N2O4/c20-10-12(18(22)23)9-13-11-21(16-7-3-1-5-14(13)16)17-8-4-2-6-15(17)19(24)25/h1-9,11H,(H,22,23)(H,24,25)/b12-9+. The maximum absolute atomic E-state index is 11.5. The van der Waals surface area contributed by atoms with Crippen LogP contribution in [-0.2, 0) is 4.79 Å². The van der Waals surface area contributed by atoms with Crippen LogP contribution in [0.1, 0.15) is 15.9 Å². The summed E-state index contributed by atoms with van der Waals surface area (Å²) < 4.78 is 1.68. The number of nitriles is 1. The first-order valence-corrected chi connectivity index (χ1v) is 7.31. The summed E-state index contributed by atoms with van der Waals surface area (Å²) in [4.78, 5) is 22.6.